The van der Waals surface area contributed by atoms with E-state index in [0.29, 0.717) is 25.2 Å². The first-order chi connectivity index (χ1) is 42.0. The van der Waals surface area contributed by atoms with Gasteiger partial charge in [-0.15, -0.1) is 11.8 Å². The highest BCUT2D eigenvalue weighted by Crippen LogP contribution is 2.36. The van der Waals surface area contributed by atoms with E-state index in [2.05, 4.69) is 45.3 Å². The van der Waals surface area contributed by atoms with E-state index in [0.717, 1.165) is 53.4 Å². The minimum absolute atomic E-state index is 0.0436. The van der Waals surface area contributed by atoms with Crippen LogP contribution in [0.25, 0.3) is 0 Å². The fraction of sp³-hybridized carbons (Fsp3) is 0.768. The predicted octanol–water partition coefficient (Wildman–Crippen LogP) is -6.78. The van der Waals surface area contributed by atoms with E-state index in [1.54, 1.807) is 12.1 Å². The lowest BCUT2D eigenvalue weighted by Gasteiger charge is -2.51. The van der Waals surface area contributed by atoms with Crippen LogP contribution in [-0.2, 0) is 61.8 Å². The van der Waals surface area contributed by atoms with Crippen LogP contribution in [0, 0.1) is 11.8 Å². The molecule has 0 aliphatic carbocycles. The number of unbranched alkanes of at least 4 members (excludes halogenated alkanes) is 5. The molecule has 5 saturated heterocycles. The van der Waals surface area contributed by atoms with Gasteiger partial charge in [0.25, 0.3) is 5.91 Å². The Hall–Kier alpha value is -4.91. The monoisotopic (exact) mass is 1260 g/mol. The first-order valence-electron chi connectivity index (χ1n) is 29.3. The Kier molecular flexibility index (Phi) is 28.3. The van der Waals surface area contributed by atoms with Gasteiger partial charge in [-0.1, -0.05) is 32.3 Å². The topological polar surface area (TPSA) is 481 Å². The van der Waals surface area contributed by atoms with Gasteiger partial charge in [-0.3, -0.25) is 24.0 Å². The van der Waals surface area contributed by atoms with Crippen molar-refractivity contribution >= 4 is 29.5 Å². The molecule has 0 spiro atoms. The number of nitrogens with one attached hydrogen (secondary N) is 5. The normalized spacial score (nSPS) is 37.5. The number of carbonyl (C=O) groups is 5. The van der Waals surface area contributed by atoms with Crippen LogP contribution in [0.2, 0.25) is 0 Å². The molecule has 5 fully saturated rings. The molecule has 0 saturated carbocycles. The summed E-state index contributed by atoms with van der Waals surface area (Å²) in [7, 11) is 0. The van der Waals surface area contributed by atoms with Crippen LogP contribution in [-0.4, -0.2) is 284 Å². The second-order valence-corrected chi connectivity index (χ2v) is 22.0. The Balaban J connectivity index is 1.18. The largest absolute Gasteiger partial charge is 0.494 e. The van der Waals surface area contributed by atoms with E-state index in [1.165, 1.54) is 18.6 Å². The van der Waals surface area contributed by atoms with Crippen LogP contribution in [0.3, 0.4) is 0 Å². The minimum atomic E-state index is -2.03. The number of ether oxygens (including phenoxy) is 10. The standard InChI is InChI=1S/C56H87N5O27/c1-6-7-8-9-10-11-12-13-14-18-79-30-17-15-16-29(19-30)51(77)61-37-42(72)41(71)31(20-62)81-53(37)86-48-33(22-64)83-55(39(44(48)74)59-27(4)69)88-50-35(24-66)84-56(40(46(50)76)60-28(5)70)87-49-34(23-65)82-54(38(45(49)75)58-26(3)68)85-47-32(21-63)80-52(78)36(43(47)73)57-25(2)67/h15-17,19,31-50,52-56,62-66,71-76,78H,6-10,13-14,18,20-24H2,1-5H3,(H,57,67)(H,58,68)(H,59,69)(H,60,70)(H,61,77)/t31?,32?,33-,34-,35?,36-,37-,38?,39?,40-,41+,42?,43+,44?,45?,46+,47?,48+,49+,50?,52?,53-,54?,55?,56-/m0/s1. The SMILES string of the molecule is CCCCCCC#CCCCOc1cccc(C(=O)N[C@H]2C(O)[C@H](O)C(CO)O[C@H]2O[C@H]2C(O)C(NC(C)=O)C(OC3C(CO)O[C@@H](O[C@H]4C(O)C(NC(C)=O)C(OC5C(CO)OC(O)[C@@H](NC(C)=O)[C@H]5O)O[C@H]4CO)[C@@H](NC(C)=O)[C@H]3O)O[C@H]2CO)c1. The van der Waals surface area contributed by atoms with Crippen molar-refractivity contribution in [1.29, 1.82) is 0 Å². The van der Waals surface area contributed by atoms with Crippen LogP contribution in [0.15, 0.2) is 24.3 Å². The Bertz CT molecular complexity index is 2460. The van der Waals surface area contributed by atoms with Crippen molar-refractivity contribution in [2.45, 2.75) is 233 Å². The summed E-state index contributed by atoms with van der Waals surface area (Å²) >= 11 is 0. The van der Waals surface area contributed by atoms with Crippen LogP contribution in [0.4, 0.5) is 0 Å². The lowest BCUT2D eigenvalue weighted by Crippen LogP contribution is -2.72. The first kappa shape index (κ1) is 72.2. The zero-order valence-electron chi connectivity index (χ0n) is 49.4. The smallest absolute Gasteiger partial charge is 0.251 e. The summed E-state index contributed by atoms with van der Waals surface area (Å²) in [6, 6.07) is -2.26. The van der Waals surface area contributed by atoms with Crippen molar-refractivity contribution in [2.24, 2.45) is 0 Å². The maximum atomic E-state index is 13.9. The number of aliphatic hydroxyl groups is 12. The van der Waals surface area contributed by atoms with Gasteiger partial charge < -0.3 is 135 Å². The third kappa shape index (κ3) is 18.6. The molecule has 13 unspecified atom stereocenters. The highest BCUT2D eigenvalue weighted by Gasteiger charge is 2.58. The molecular weight excluding hydrogens is 1170 g/mol. The summed E-state index contributed by atoms with van der Waals surface area (Å²) in [6.07, 6.45) is -29.4. The zero-order chi connectivity index (χ0) is 64.5. The minimum Gasteiger partial charge on any atom is -0.494 e. The van der Waals surface area contributed by atoms with Crippen molar-refractivity contribution < 1.29 is 133 Å². The van der Waals surface area contributed by atoms with Gasteiger partial charge in [0.1, 0.15) is 128 Å². The van der Waals surface area contributed by atoms with E-state index in [9.17, 15) is 85.3 Å². The second-order valence-electron chi connectivity index (χ2n) is 22.0. The molecule has 1 aromatic carbocycles. The molecule has 25 atom stereocenters. The highest BCUT2D eigenvalue weighted by atomic mass is 16.8. The summed E-state index contributed by atoms with van der Waals surface area (Å²) in [5.41, 5.74) is 0.0436. The maximum absolute atomic E-state index is 13.9. The predicted molar refractivity (Wildman–Crippen MR) is 296 cm³/mol. The number of rotatable bonds is 27. The van der Waals surface area contributed by atoms with Gasteiger partial charge in [0.2, 0.25) is 23.6 Å². The summed E-state index contributed by atoms with van der Waals surface area (Å²) in [6.45, 7) is 1.92. The van der Waals surface area contributed by atoms with E-state index in [4.69, 9.17) is 47.4 Å². The van der Waals surface area contributed by atoms with Gasteiger partial charge in [0.15, 0.2) is 31.5 Å². The molecule has 5 aliphatic heterocycles. The molecule has 5 heterocycles. The Morgan fingerprint density at radius 2 is 0.830 bits per heavy atom. The third-order valence-electron chi connectivity index (χ3n) is 15.3. The number of amides is 5. The Labute approximate surface area is 507 Å². The van der Waals surface area contributed by atoms with E-state index in [-0.39, 0.29) is 5.56 Å². The third-order valence-corrected chi connectivity index (χ3v) is 15.3. The fourth-order valence-electron chi connectivity index (χ4n) is 11.0. The number of aliphatic hydroxyl groups excluding tert-OH is 12. The summed E-state index contributed by atoms with van der Waals surface area (Å²) < 4.78 is 59.8. The Morgan fingerprint density at radius 3 is 1.24 bits per heavy atom. The van der Waals surface area contributed by atoms with E-state index < -0.39 is 216 Å². The van der Waals surface area contributed by atoms with Crippen LogP contribution in [0.5, 0.6) is 5.75 Å². The fourth-order valence-corrected chi connectivity index (χ4v) is 11.0. The summed E-state index contributed by atoms with van der Waals surface area (Å²) in [5.74, 6) is 2.72. The number of carbonyl (C=O) groups excluding carboxylic acids is 5. The molecular formula is C56H87N5O27. The second kappa shape index (κ2) is 34.5. The number of benzene rings is 1. The molecule has 0 aromatic heterocycles. The molecule has 88 heavy (non-hydrogen) atoms. The van der Waals surface area contributed by atoms with Crippen molar-refractivity contribution in [3.8, 4) is 17.6 Å². The Morgan fingerprint density at radius 1 is 0.455 bits per heavy atom. The van der Waals surface area contributed by atoms with Gasteiger partial charge in [-0.2, -0.15) is 0 Å². The van der Waals surface area contributed by atoms with Crippen LogP contribution in [0.1, 0.15) is 89.9 Å². The van der Waals surface area contributed by atoms with Crippen LogP contribution < -0.4 is 31.3 Å². The van der Waals surface area contributed by atoms with Crippen molar-refractivity contribution in [3.63, 3.8) is 0 Å². The average Bonchev–Trinajstić information content (AvgIpc) is 1.52. The molecule has 1 aromatic rings. The van der Waals surface area contributed by atoms with Crippen molar-refractivity contribution in [1.82, 2.24) is 26.6 Å². The van der Waals surface area contributed by atoms with Crippen molar-refractivity contribution in [3.05, 3.63) is 29.8 Å². The van der Waals surface area contributed by atoms with Gasteiger partial charge in [0.05, 0.1) is 39.6 Å². The summed E-state index contributed by atoms with van der Waals surface area (Å²) in [5, 5.41) is 145. The molecule has 0 bridgehead atoms. The van der Waals surface area contributed by atoms with Gasteiger partial charge >= 0.3 is 0 Å². The van der Waals surface area contributed by atoms with Gasteiger partial charge in [-0.25, -0.2) is 0 Å². The first-order valence-corrected chi connectivity index (χ1v) is 29.3. The van der Waals surface area contributed by atoms with Crippen molar-refractivity contribution in [2.75, 3.05) is 39.6 Å². The zero-order valence-corrected chi connectivity index (χ0v) is 49.4. The van der Waals surface area contributed by atoms with Crippen LogP contribution >= 0.6 is 0 Å². The van der Waals surface area contributed by atoms with Gasteiger partial charge in [0, 0.05) is 46.1 Å². The van der Waals surface area contributed by atoms with Gasteiger partial charge in [-0.05, 0) is 31.0 Å². The van der Waals surface area contributed by atoms with E-state index in [1.807, 2.05) is 0 Å². The number of hydrogen-bond donors (Lipinski definition) is 17. The average molecular weight is 1260 g/mol. The number of hydrogen-bond acceptors (Lipinski definition) is 27. The molecule has 17 N–H and O–H groups in total. The maximum Gasteiger partial charge on any atom is 0.251 e. The highest BCUT2D eigenvalue weighted by molar-refractivity contribution is 5.94. The molecule has 32 heteroatoms. The molecule has 6 rings (SSSR count). The quantitative estimate of drug-likeness (QED) is 0.0288. The lowest BCUT2D eigenvalue weighted by atomic mass is 9.93. The molecule has 5 aliphatic rings. The molecule has 32 nitrogen and oxygen atoms in total. The molecule has 498 valence electrons. The molecule has 5 amide bonds. The van der Waals surface area contributed by atoms with E-state index >= 15 is 0 Å². The lowest BCUT2D eigenvalue weighted by molar-refractivity contribution is -0.367. The summed E-state index contributed by atoms with van der Waals surface area (Å²) in [4.78, 5) is 64.1. The molecule has 0 radical (unpaired) electrons.